The van der Waals surface area contributed by atoms with Crippen molar-refractivity contribution in [3.05, 3.63) is 88.1 Å². The van der Waals surface area contributed by atoms with Gasteiger partial charge in [-0.05, 0) is 80.8 Å². The Labute approximate surface area is 173 Å². The molecule has 2 nitrogen and oxygen atoms in total. The van der Waals surface area contributed by atoms with Crippen LogP contribution in [0.25, 0.3) is 0 Å². The molecule has 1 N–H and O–H groups in total. The third-order valence-electron chi connectivity index (χ3n) is 4.96. The van der Waals surface area contributed by atoms with Crippen LogP contribution in [0.4, 0.5) is 0 Å². The molecule has 3 heteroatoms. The first-order valence-corrected chi connectivity index (χ1v) is 11.1. The van der Waals surface area contributed by atoms with Gasteiger partial charge in [0, 0.05) is 10.9 Å². The van der Waals surface area contributed by atoms with Crippen molar-refractivity contribution in [3.8, 4) is 5.75 Å². The molecule has 2 unspecified atom stereocenters. The van der Waals surface area contributed by atoms with Crippen molar-refractivity contribution in [2.24, 2.45) is 0 Å². The van der Waals surface area contributed by atoms with Crippen molar-refractivity contribution < 1.29 is 4.74 Å². The monoisotopic (exact) mass is 393 g/mol. The number of hydrogen-bond acceptors (Lipinski definition) is 3. The first-order valence-electron chi connectivity index (χ1n) is 10.2. The van der Waals surface area contributed by atoms with Gasteiger partial charge in [0.05, 0.1) is 6.10 Å². The molecular formula is C25H31NOS. The van der Waals surface area contributed by atoms with Crippen molar-refractivity contribution in [2.75, 3.05) is 6.54 Å². The number of thiophene rings is 1. The molecule has 0 aliphatic heterocycles. The van der Waals surface area contributed by atoms with E-state index in [0.29, 0.717) is 12.0 Å². The van der Waals surface area contributed by atoms with Crippen LogP contribution < -0.4 is 10.1 Å². The zero-order chi connectivity index (χ0) is 19.8. The number of nitrogens with one attached hydrogen (secondary N) is 1. The molecule has 148 valence electrons. The van der Waals surface area contributed by atoms with E-state index < -0.39 is 0 Å². The Morgan fingerprint density at radius 2 is 1.64 bits per heavy atom. The van der Waals surface area contributed by atoms with Crippen LogP contribution in [-0.2, 0) is 6.42 Å². The average Bonchev–Trinajstić information content (AvgIpc) is 3.23. The second-order valence-corrected chi connectivity index (χ2v) is 8.58. The highest BCUT2D eigenvalue weighted by Gasteiger charge is 2.14. The third kappa shape index (κ3) is 6.22. The van der Waals surface area contributed by atoms with Crippen LogP contribution in [0.1, 0.15) is 55.2 Å². The molecule has 0 spiro atoms. The lowest BCUT2D eigenvalue weighted by atomic mass is 9.89. The molecular weight excluding hydrogens is 362 g/mol. The molecule has 1 heterocycles. The van der Waals surface area contributed by atoms with Crippen LogP contribution in [0.5, 0.6) is 5.75 Å². The molecule has 0 aliphatic rings. The predicted octanol–water partition coefficient (Wildman–Crippen LogP) is 6.60. The molecule has 28 heavy (non-hydrogen) atoms. The van der Waals surface area contributed by atoms with Crippen molar-refractivity contribution in [1.82, 2.24) is 5.32 Å². The van der Waals surface area contributed by atoms with E-state index in [1.807, 2.05) is 11.3 Å². The smallest absolute Gasteiger partial charge is 0.119 e. The van der Waals surface area contributed by atoms with Gasteiger partial charge in [-0.3, -0.25) is 0 Å². The van der Waals surface area contributed by atoms with Gasteiger partial charge in [-0.25, -0.2) is 0 Å². The lowest BCUT2D eigenvalue weighted by Crippen LogP contribution is -2.21. The highest BCUT2D eigenvalue weighted by Crippen LogP contribution is 2.27. The van der Waals surface area contributed by atoms with Crippen LogP contribution in [0.2, 0.25) is 0 Å². The van der Waals surface area contributed by atoms with Crippen LogP contribution in [0.15, 0.2) is 72.1 Å². The number of ether oxygens (including phenoxy) is 1. The van der Waals surface area contributed by atoms with Gasteiger partial charge in [0.1, 0.15) is 5.75 Å². The first kappa shape index (κ1) is 20.6. The maximum absolute atomic E-state index is 5.81. The van der Waals surface area contributed by atoms with Crippen molar-refractivity contribution in [3.63, 3.8) is 0 Å². The molecule has 3 rings (SSSR count). The van der Waals surface area contributed by atoms with E-state index >= 15 is 0 Å². The minimum absolute atomic E-state index is 0.203. The van der Waals surface area contributed by atoms with Crippen LogP contribution in [-0.4, -0.2) is 12.6 Å². The zero-order valence-electron chi connectivity index (χ0n) is 17.1. The SMILES string of the molecule is CC(C)Oc1ccc(C(CCNC(C)c2cccs2)Cc2ccccc2)cc1. The molecule has 0 amide bonds. The Kier molecular flexibility index (Phi) is 7.70. The first-order chi connectivity index (χ1) is 13.6. The molecule has 0 radical (unpaired) electrons. The molecule has 0 aliphatic carbocycles. The van der Waals surface area contributed by atoms with Crippen molar-refractivity contribution in [2.45, 2.75) is 51.7 Å². The van der Waals surface area contributed by atoms with Gasteiger partial charge in [0.15, 0.2) is 0 Å². The summed E-state index contributed by atoms with van der Waals surface area (Å²) in [4.78, 5) is 1.40. The summed E-state index contributed by atoms with van der Waals surface area (Å²) in [6, 6.07) is 24.2. The fraction of sp³-hybridized carbons (Fsp3) is 0.360. The summed E-state index contributed by atoms with van der Waals surface area (Å²) in [7, 11) is 0. The molecule has 1 aromatic heterocycles. The van der Waals surface area contributed by atoms with Gasteiger partial charge in [0.25, 0.3) is 0 Å². The average molecular weight is 394 g/mol. The van der Waals surface area contributed by atoms with E-state index in [9.17, 15) is 0 Å². The van der Waals surface area contributed by atoms with Gasteiger partial charge in [-0.15, -0.1) is 11.3 Å². The fourth-order valence-corrected chi connectivity index (χ4v) is 4.25. The Bertz CT molecular complexity index is 796. The number of rotatable bonds is 10. The number of hydrogen-bond donors (Lipinski definition) is 1. The van der Waals surface area contributed by atoms with Gasteiger partial charge in [0.2, 0.25) is 0 Å². The summed E-state index contributed by atoms with van der Waals surface area (Å²) in [5, 5.41) is 5.84. The lowest BCUT2D eigenvalue weighted by Gasteiger charge is -2.20. The Hall–Kier alpha value is -2.10. The Morgan fingerprint density at radius 3 is 2.29 bits per heavy atom. The summed E-state index contributed by atoms with van der Waals surface area (Å²) in [5.74, 6) is 1.43. The van der Waals surface area contributed by atoms with E-state index in [4.69, 9.17) is 4.74 Å². The Balaban J connectivity index is 1.66. The zero-order valence-corrected chi connectivity index (χ0v) is 17.9. The molecule has 0 fully saturated rings. The molecule has 3 aromatic rings. The normalized spacial score (nSPS) is 13.4. The fourth-order valence-electron chi connectivity index (χ4n) is 3.49. The molecule has 0 saturated heterocycles. The quantitative estimate of drug-likeness (QED) is 0.419. The van der Waals surface area contributed by atoms with Crippen LogP contribution in [0, 0.1) is 0 Å². The van der Waals surface area contributed by atoms with Crippen LogP contribution in [0.3, 0.4) is 0 Å². The van der Waals surface area contributed by atoms with Gasteiger partial charge >= 0.3 is 0 Å². The van der Waals surface area contributed by atoms with E-state index in [0.717, 1.165) is 25.1 Å². The van der Waals surface area contributed by atoms with Gasteiger partial charge in [-0.1, -0.05) is 48.5 Å². The maximum Gasteiger partial charge on any atom is 0.119 e. The molecule has 2 aromatic carbocycles. The summed E-state index contributed by atoms with van der Waals surface area (Å²) < 4.78 is 5.81. The lowest BCUT2D eigenvalue weighted by molar-refractivity contribution is 0.242. The standard InChI is InChI=1S/C25H31NOS/c1-19(2)27-24-13-11-22(12-14-24)23(18-21-8-5-4-6-9-21)15-16-26-20(3)25-10-7-17-28-25/h4-14,17,19-20,23,26H,15-16,18H2,1-3H3. The van der Waals surface area contributed by atoms with Gasteiger partial charge in [-0.2, -0.15) is 0 Å². The van der Waals surface area contributed by atoms with E-state index in [-0.39, 0.29) is 6.10 Å². The second kappa shape index (κ2) is 10.4. The van der Waals surface area contributed by atoms with E-state index in [1.165, 1.54) is 16.0 Å². The largest absolute Gasteiger partial charge is 0.491 e. The molecule has 0 bridgehead atoms. The maximum atomic E-state index is 5.81. The highest BCUT2D eigenvalue weighted by atomic mass is 32.1. The summed E-state index contributed by atoms with van der Waals surface area (Å²) in [5.41, 5.74) is 2.77. The van der Waals surface area contributed by atoms with Gasteiger partial charge < -0.3 is 10.1 Å². The van der Waals surface area contributed by atoms with Crippen molar-refractivity contribution in [1.29, 1.82) is 0 Å². The topological polar surface area (TPSA) is 21.3 Å². The van der Waals surface area contributed by atoms with E-state index in [1.54, 1.807) is 0 Å². The van der Waals surface area contributed by atoms with Crippen LogP contribution >= 0.6 is 11.3 Å². The second-order valence-electron chi connectivity index (χ2n) is 7.60. The summed E-state index contributed by atoms with van der Waals surface area (Å²) in [6.45, 7) is 7.37. The summed E-state index contributed by atoms with van der Waals surface area (Å²) in [6.07, 6.45) is 2.36. The third-order valence-corrected chi connectivity index (χ3v) is 6.02. The minimum Gasteiger partial charge on any atom is -0.491 e. The number of benzene rings is 2. The Morgan fingerprint density at radius 1 is 0.893 bits per heavy atom. The molecule has 2 atom stereocenters. The molecule has 0 saturated carbocycles. The summed E-state index contributed by atoms with van der Waals surface area (Å²) >= 11 is 1.82. The predicted molar refractivity (Wildman–Crippen MR) is 120 cm³/mol. The van der Waals surface area contributed by atoms with Crippen molar-refractivity contribution >= 4 is 11.3 Å². The minimum atomic E-state index is 0.203. The van der Waals surface area contributed by atoms with E-state index in [2.05, 4.69) is 98.2 Å². The highest BCUT2D eigenvalue weighted by molar-refractivity contribution is 7.10.